The van der Waals surface area contributed by atoms with Crippen molar-refractivity contribution in [3.8, 4) is 0 Å². The van der Waals surface area contributed by atoms with Gasteiger partial charge in [0.25, 0.3) is 0 Å². The van der Waals surface area contributed by atoms with E-state index in [-0.39, 0.29) is 0 Å². The van der Waals surface area contributed by atoms with Gasteiger partial charge in [0.15, 0.2) is 5.13 Å². The monoisotopic (exact) mass is 339 g/mol. The van der Waals surface area contributed by atoms with E-state index in [0.717, 1.165) is 28.2 Å². The Bertz CT molecular complexity index is 569. The third-order valence-corrected chi connectivity index (χ3v) is 5.09. The van der Waals surface area contributed by atoms with Crippen LogP contribution in [0.2, 0.25) is 0 Å². The number of nitrogens with zero attached hydrogens (tertiary/aromatic N) is 2. The van der Waals surface area contributed by atoms with Crippen LogP contribution in [0.3, 0.4) is 0 Å². The van der Waals surface area contributed by atoms with Crippen molar-refractivity contribution in [3.63, 3.8) is 0 Å². The molecule has 0 amide bonds. The minimum atomic E-state index is 0.540. The van der Waals surface area contributed by atoms with Gasteiger partial charge in [-0.25, -0.2) is 4.98 Å². The Morgan fingerprint density at radius 2 is 2.42 bits per heavy atom. The third-order valence-electron chi connectivity index (χ3n) is 3.63. The molecule has 0 aliphatic carbocycles. The number of benzene rings is 1. The number of fused-ring (bicyclic) bond motifs is 1. The number of hydrogen-bond donors (Lipinski definition) is 1. The number of likely N-dealkylation sites (tertiary alicyclic amines) is 1. The number of piperidine rings is 1. The molecule has 2 aromatic rings. The Hall–Kier alpha value is -0.650. The van der Waals surface area contributed by atoms with Crippen molar-refractivity contribution in [2.45, 2.75) is 25.8 Å². The highest BCUT2D eigenvalue weighted by atomic mass is 79.9. The second kappa shape index (κ2) is 5.77. The molecule has 0 spiro atoms. The van der Waals surface area contributed by atoms with E-state index in [1.807, 2.05) is 0 Å². The topological polar surface area (TPSA) is 28.2 Å². The lowest BCUT2D eigenvalue weighted by Gasteiger charge is -2.32. The summed E-state index contributed by atoms with van der Waals surface area (Å²) in [5.41, 5.74) is 1.07. The lowest BCUT2D eigenvalue weighted by Crippen LogP contribution is -2.41. The maximum Gasteiger partial charge on any atom is 0.184 e. The highest BCUT2D eigenvalue weighted by Crippen LogP contribution is 2.29. The zero-order valence-electron chi connectivity index (χ0n) is 11.0. The van der Waals surface area contributed by atoms with Crippen LogP contribution in [0, 0.1) is 0 Å². The number of hydrogen-bond acceptors (Lipinski definition) is 4. The lowest BCUT2D eigenvalue weighted by atomic mass is 10.1. The van der Waals surface area contributed by atoms with Crippen LogP contribution in [-0.4, -0.2) is 35.6 Å². The van der Waals surface area contributed by atoms with Crippen LogP contribution >= 0.6 is 27.3 Å². The predicted octanol–water partition coefficient (Wildman–Crippen LogP) is 3.96. The standard InChI is InChI=1S/C14H18BrN3S/c1-2-18-7-3-4-11(9-18)16-14-17-12-8-10(15)5-6-13(12)19-14/h5-6,8,11H,2-4,7,9H2,1H3,(H,16,17). The van der Waals surface area contributed by atoms with Gasteiger partial charge in [-0.2, -0.15) is 0 Å². The quantitative estimate of drug-likeness (QED) is 0.917. The smallest absolute Gasteiger partial charge is 0.184 e. The van der Waals surface area contributed by atoms with Crippen LogP contribution in [0.1, 0.15) is 19.8 Å². The van der Waals surface area contributed by atoms with Crippen molar-refractivity contribution < 1.29 is 0 Å². The van der Waals surface area contributed by atoms with Crippen LogP contribution in [-0.2, 0) is 0 Å². The molecule has 5 heteroatoms. The Balaban J connectivity index is 1.74. The van der Waals surface area contributed by atoms with Crippen molar-refractivity contribution in [1.82, 2.24) is 9.88 Å². The van der Waals surface area contributed by atoms with Crippen LogP contribution in [0.5, 0.6) is 0 Å². The first-order valence-corrected chi connectivity index (χ1v) is 8.40. The number of anilines is 1. The number of thiazole rings is 1. The van der Waals surface area contributed by atoms with E-state index in [0.29, 0.717) is 6.04 Å². The zero-order chi connectivity index (χ0) is 13.2. The van der Waals surface area contributed by atoms with Gasteiger partial charge in [-0.15, -0.1) is 0 Å². The van der Waals surface area contributed by atoms with E-state index in [2.05, 4.69) is 56.3 Å². The number of likely N-dealkylation sites (N-methyl/N-ethyl adjacent to an activating group) is 1. The van der Waals surface area contributed by atoms with Gasteiger partial charge in [0.2, 0.25) is 0 Å². The van der Waals surface area contributed by atoms with Gasteiger partial charge >= 0.3 is 0 Å². The minimum absolute atomic E-state index is 0.540. The normalized spacial score (nSPS) is 20.8. The first-order chi connectivity index (χ1) is 9.24. The molecule has 19 heavy (non-hydrogen) atoms. The van der Waals surface area contributed by atoms with Gasteiger partial charge in [0, 0.05) is 17.1 Å². The molecule has 102 valence electrons. The summed E-state index contributed by atoms with van der Waals surface area (Å²) >= 11 is 5.24. The highest BCUT2D eigenvalue weighted by Gasteiger charge is 2.19. The molecule has 2 heterocycles. The van der Waals surface area contributed by atoms with E-state index in [1.165, 1.54) is 24.1 Å². The molecule has 1 unspecified atom stereocenters. The van der Waals surface area contributed by atoms with E-state index in [1.54, 1.807) is 11.3 Å². The van der Waals surface area contributed by atoms with Gasteiger partial charge in [0.1, 0.15) is 0 Å². The van der Waals surface area contributed by atoms with Crippen LogP contribution in [0.4, 0.5) is 5.13 Å². The molecule has 3 rings (SSSR count). The molecule has 1 aliphatic heterocycles. The number of nitrogens with one attached hydrogen (secondary N) is 1. The first-order valence-electron chi connectivity index (χ1n) is 6.79. The lowest BCUT2D eigenvalue weighted by molar-refractivity contribution is 0.227. The molecule has 1 fully saturated rings. The predicted molar refractivity (Wildman–Crippen MR) is 86.1 cm³/mol. The SMILES string of the molecule is CCN1CCCC(Nc2nc3cc(Br)ccc3s2)C1. The van der Waals surface area contributed by atoms with Crippen molar-refractivity contribution in [2.24, 2.45) is 0 Å². The van der Waals surface area contributed by atoms with Crippen LogP contribution in [0.25, 0.3) is 10.2 Å². The molecule has 0 radical (unpaired) electrons. The Morgan fingerprint density at radius 1 is 1.53 bits per heavy atom. The van der Waals surface area contributed by atoms with Gasteiger partial charge in [-0.1, -0.05) is 34.2 Å². The van der Waals surface area contributed by atoms with E-state index >= 15 is 0 Å². The van der Waals surface area contributed by atoms with Gasteiger partial charge in [0.05, 0.1) is 10.2 Å². The average molecular weight is 340 g/mol. The number of rotatable bonds is 3. The summed E-state index contributed by atoms with van der Waals surface area (Å²) < 4.78 is 2.33. The summed E-state index contributed by atoms with van der Waals surface area (Å²) in [4.78, 5) is 7.18. The first kappa shape index (κ1) is 13.3. The fourth-order valence-electron chi connectivity index (χ4n) is 2.60. The maximum absolute atomic E-state index is 4.68. The largest absolute Gasteiger partial charge is 0.357 e. The maximum atomic E-state index is 4.68. The molecule has 1 N–H and O–H groups in total. The van der Waals surface area contributed by atoms with E-state index in [9.17, 15) is 0 Å². The average Bonchev–Trinajstić information content (AvgIpc) is 2.80. The molecular weight excluding hydrogens is 322 g/mol. The molecule has 1 aromatic heterocycles. The van der Waals surface area contributed by atoms with Gasteiger partial charge in [-0.05, 0) is 44.1 Å². The summed E-state index contributed by atoms with van der Waals surface area (Å²) in [6.45, 7) is 5.75. The van der Waals surface area contributed by atoms with Crippen molar-refractivity contribution >= 4 is 42.6 Å². The Labute approximate surface area is 126 Å². The summed E-state index contributed by atoms with van der Waals surface area (Å²) in [7, 11) is 0. The molecule has 1 atom stereocenters. The molecule has 0 bridgehead atoms. The van der Waals surface area contributed by atoms with Crippen molar-refractivity contribution in [2.75, 3.05) is 25.0 Å². The molecule has 1 aliphatic rings. The van der Waals surface area contributed by atoms with Gasteiger partial charge < -0.3 is 10.2 Å². The fourth-order valence-corrected chi connectivity index (χ4v) is 3.87. The molecule has 3 nitrogen and oxygen atoms in total. The Kier molecular flexibility index (Phi) is 4.05. The summed E-state index contributed by atoms with van der Waals surface area (Å²) in [5, 5.41) is 4.66. The van der Waals surface area contributed by atoms with Crippen molar-refractivity contribution in [1.29, 1.82) is 0 Å². The highest BCUT2D eigenvalue weighted by molar-refractivity contribution is 9.10. The number of aromatic nitrogens is 1. The summed E-state index contributed by atoms with van der Waals surface area (Å²) in [6.07, 6.45) is 2.53. The minimum Gasteiger partial charge on any atom is -0.357 e. The second-order valence-electron chi connectivity index (χ2n) is 5.01. The second-order valence-corrected chi connectivity index (χ2v) is 6.95. The fraction of sp³-hybridized carbons (Fsp3) is 0.500. The van der Waals surface area contributed by atoms with Gasteiger partial charge in [-0.3, -0.25) is 0 Å². The molecule has 0 saturated carbocycles. The molecular formula is C14H18BrN3S. The summed E-state index contributed by atoms with van der Waals surface area (Å²) in [5.74, 6) is 0. The van der Waals surface area contributed by atoms with E-state index < -0.39 is 0 Å². The number of halogens is 1. The zero-order valence-corrected chi connectivity index (χ0v) is 13.4. The third kappa shape index (κ3) is 3.09. The molecule has 1 aromatic carbocycles. The molecule has 1 saturated heterocycles. The summed E-state index contributed by atoms with van der Waals surface area (Å²) in [6, 6.07) is 6.82. The van der Waals surface area contributed by atoms with E-state index in [4.69, 9.17) is 0 Å². The van der Waals surface area contributed by atoms with Crippen molar-refractivity contribution in [3.05, 3.63) is 22.7 Å². The van der Waals surface area contributed by atoms with Crippen LogP contribution < -0.4 is 5.32 Å². The Morgan fingerprint density at radius 3 is 3.26 bits per heavy atom. The van der Waals surface area contributed by atoms with Crippen LogP contribution in [0.15, 0.2) is 22.7 Å².